The van der Waals surface area contributed by atoms with Crippen LogP contribution < -0.4 is 5.32 Å². The third kappa shape index (κ3) is 3.13. The fraction of sp³-hybridized carbons (Fsp3) is 0.417. The van der Waals surface area contributed by atoms with E-state index in [0.29, 0.717) is 0 Å². The van der Waals surface area contributed by atoms with E-state index in [9.17, 15) is 28.4 Å². The van der Waals surface area contributed by atoms with Crippen molar-refractivity contribution in [2.24, 2.45) is 5.92 Å². The summed E-state index contributed by atoms with van der Waals surface area (Å²) in [7, 11) is -3.47. The number of phenolic OH excluding ortho intramolecular Hbond substituents is 1. The molecule has 0 radical (unpaired) electrons. The maximum absolute atomic E-state index is 11.8. The maximum atomic E-state index is 11.8. The molecule has 0 bridgehead atoms. The van der Waals surface area contributed by atoms with Gasteiger partial charge in [0.15, 0.2) is 9.84 Å². The van der Waals surface area contributed by atoms with Crippen LogP contribution in [-0.4, -0.2) is 36.1 Å². The minimum absolute atomic E-state index is 0.0280. The number of hydrogen-bond donors (Lipinski definition) is 2. The van der Waals surface area contributed by atoms with E-state index in [-0.39, 0.29) is 28.5 Å². The van der Waals surface area contributed by atoms with Crippen LogP contribution in [0, 0.1) is 16.0 Å². The summed E-state index contributed by atoms with van der Waals surface area (Å²) in [4.78, 5) is 21.8. The van der Waals surface area contributed by atoms with Crippen molar-refractivity contribution in [1.82, 2.24) is 0 Å². The molecule has 9 heteroatoms. The minimum atomic E-state index is -3.47. The molecule has 2 rings (SSSR count). The summed E-state index contributed by atoms with van der Waals surface area (Å²) in [5, 5.41) is 22.5. The van der Waals surface area contributed by atoms with Crippen molar-refractivity contribution >= 4 is 21.4 Å². The Morgan fingerprint density at radius 3 is 2.71 bits per heavy atom. The molecular weight excluding hydrogens is 300 g/mol. The molecule has 1 fully saturated rings. The number of hydrogen-bond acceptors (Lipinski definition) is 6. The minimum Gasteiger partial charge on any atom is -0.506 e. The Labute approximate surface area is 120 Å². The number of amides is 1. The summed E-state index contributed by atoms with van der Waals surface area (Å²) in [6.07, 6.45) is 0.145. The van der Waals surface area contributed by atoms with Crippen molar-refractivity contribution in [3.8, 4) is 5.75 Å². The van der Waals surface area contributed by atoms with Crippen molar-refractivity contribution < 1.29 is 23.2 Å². The van der Waals surface area contributed by atoms with Crippen LogP contribution in [0.25, 0.3) is 0 Å². The molecule has 1 aliphatic carbocycles. The van der Waals surface area contributed by atoms with Crippen molar-refractivity contribution in [3.63, 3.8) is 0 Å². The van der Waals surface area contributed by atoms with Gasteiger partial charge in [-0.25, -0.2) is 8.42 Å². The fourth-order valence-electron chi connectivity index (χ4n) is 1.90. The molecule has 0 aliphatic heterocycles. The lowest BCUT2D eigenvalue weighted by Crippen LogP contribution is -2.18. The highest BCUT2D eigenvalue weighted by atomic mass is 32.2. The summed E-state index contributed by atoms with van der Waals surface area (Å²) in [5.74, 6) is -1.75. The van der Waals surface area contributed by atoms with Gasteiger partial charge in [-0.1, -0.05) is 6.92 Å². The van der Waals surface area contributed by atoms with Gasteiger partial charge in [0.1, 0.15) is 11.7 Å². The average molecular weight is 314 g/mol. The molecule has 0 saturated heterocycles. The monoisotopic (exact) mass is 314 g/mol. The molecule has 8 nitrogen and oxygen atoms in total. The van der Waals surface area contributed by atoms with Crippen LogP contribution in [0.1, 0.15) is 13.3 Å². The Bertz CT molecular complexity index is 700. The highest BCUT2D eigenvalue weighted by Gasteiger charge is 2.53. The van der Waals surface area contributed by atoms with Crippen LogP contribution in [0.5, 0.6) is 5.75 Å². The first kappa shape index (κ1) is 15.2. The van der Waals surface area contributed by atoms with Gasteiger partial charge in [0, 0.05) is 11.3 Å². The lowest BCUT2D eigenvalue weighted by Gasteiger charge is -2.09. The summed E-state index contributed by atoms with van der Waals surface area (Å²) in [6.45, 7) is 1.48. The zero-order chi connectivity index (χ0) is 15.8. The second kappa shape index (κ2) is 5.32. The second-order valence-corrected chi connectivity index (χ2v) is 7.04. The molecule has 0 heterocycles. The summed E-state index contributed by atoms with van der Waals surface area (Å²) >= 11 is 0. The molecule has 1 amide bonds. The Kier molecular flexibility index (Phi) is 3.86. The molecule has 114 valence electrons. The van der Waals surface area contributed by atoms with E-state index in [1.165, 1.54) is 13.0 Å². The molecule has 2 atom stereocenters. The smallest absolute Gasteiger partial charge is 0.234 e. The molecular formula is C12H14N2O6S. The molecule has 0 aromatic heterocycles. The number of nitrogens with zero attached hydrogens (tertiary/aromatic N) is 1. The molecule has 2 N–H and O–H groups in total. The van der Waals surface area contributed by atoms with E-state index in [4.69, 9.17) is 0 Å². The van der Waals surface area contributed by atoms with E-state index in [1.54, 1.807) is 0 Å². The van der Waals surface area contributed by atoms with Crippen LogP contribution in [0.2, 0.25) is 0 Å². The Balaban J connectivity index is 2.19. The number of nitrogens with one attached hydrogen (secondary N) is 1. The van der Waals surface area contributed by atoms with Gasteiger partial charge in [0.25, 0.3) is 0 Å². The van der Waals surface area contributed by atoms with Gasteiger partial charge < -0.3 is 10.4 Å². The summed E-state index contributed by atoms with van der Waals surface area (Å²) in [6, 6.07) is 2.64. The topological polar surface area (TPSA) is 127 Å². The zero-order valence-electron chi connectivity index (χ0n) is 11.1. The molecule has 1 saturated carbocycles. The highest BCUT2D eigenvalue weighted by molar-refractivity contribution is 7.91. The van der Waals surface area contributed by atoms with Crippen LogP contribution in [0.4, 0.5) is 5.69 Å². The van der Waals surface area contributed by atoms with Crippen LogP contribution >= 0.6 is 0 Å². The summed E-state index contributed by atoms with van der Waals surface area (Å²) < 4.78 is 23.5. The van der Waals surface area contributed by atoms with Gasteiger partial charge in [-0.05, 0) is 18.2 Å². The molecule has 21 heavy (non-hydrogen) atoms. The Hall–Kier alpha value is -2.16. The van der Waals surface area contributed by atoms with Gasteiger partial charge in [-0.15, -0.1) is 0 Å². The highest BCUT2D eigenvalue weighted by Crippen LogP contribution is 2.35. The van der Waals surface area contributed by atoms with Crippen molar-refractivity contribution in [2.75, 3.05) is 11.1 Å². The lowest BCUT2D eigenvalue weighted by molar-refractivity contribution is -0.497. The van der Waals surface area contributed by atoms with Crippen molar-refractivity contribution in [2.45, 2.75) is 24.3 Å². The van der Waals surface area contributed by atoms with Gasteiger partial charge >= 0.3 is 0 Å². The summed E-state index contributed by atoms with van der Waals surface area (Å²) in [5.41, 5.74) is -0.0662. The maximum Gasteiger partial charge on any atom is 0.234 e. The fourth-order valence-corrected chi connectivity index (χ4v) is 2.80. The predicted octanol–water partition coefficient (Wildman–Crippen LogP) is 0.789. The SMILES string of the molecule is CCS(=O)(=O)c1ccc(O)c(NC(=O)[C@@H]2C[C@@H]2[N+](=O)[O-])c1. The number of benzene rings is 1. The number of aromatic hydroxyl groups is 1. The first-order valence-electron chi connectivity index (χ1n) is 6.26. The van der Waals surface area contributed by atoms with Crippen LogP contribution in [0.15, 0.2) is 23.1 Å². The normalized spacial score (nSPS) is 20.8. The predicted molar refractivity (Wildman–Crippen MR) is 73.4 cm³/mol. The number of carbonyl (C=O) groups excluding carboxylic acids is 1. The molecule has 1 aromatic rings. The first-order chi connectivity index (χ1) is 9.76. The number of nitro groups is 1. The number of rotatable bonds is 5. The third-order valence-corrected chi connectivity index (χ3v) is 5.06. The van der Waals surface area contributed by atoms with Gasteiger partial charge in [-0.2, -0.15) is 0 Å². The third-order valence-electron chi connectivity index (χ3n) is 3.33. The molecule has 1 aliphatic rings. The van der Waals surface area contributed by atoms with Crippen LogP contribution in [-0.2, 0) is 14.6 Å². The van der Waals surface area contributed by atoms with E-state index in [2.05, 4.69) is 5.32 Å². The average Bonchev–Trinajstić information content (AvgIpc) is 3.21. The number of anilines is 1. The van der Waals surface area contributed by atoms with Gasteiger partial charge in [-0.3, -0.25) is 14.9 Å². The zero-order valence-corrected chi connectivity index (χ0v) is 12.0. The van der Waals surface area contributed by atoms with E-state index in [0.717, 1.165) is 12.1 Å². The number of carbonyl (C=O) groups is 1. The quantitative estimate of drug-likeness (QED) is 0.470. The van der Waals surface area contributed by atoms with E-state index < -0.39 is 32.6 Å². The largest absolute Gasteiger partial charge is 0.506 e. The van der Waals surface area contributed by atoms with Crippen LogP contribution in [0.3, 0.4) is 0 Å². The van der Waals surface area contributed by atoms with Gasteiger partial charge in [0.05, 0.1) is 16.3 Å². The Morgan fingerprint density at radius 2 is 2.19 bits per heavy atom. The number of sulfone groups is 1. The first-order valence-corrected chi connectivity index (χ1v) is 7.91. The van der Waals surface area contributed by atoms with Crippen molar-refractivity contribution in [1.29, 1.82) is 0 Å². The van der Waals surface area contributed by atoms with E-state index in [1.807, 2.05) is 0 Å². The molecule has 1 aromatic carbocycles. The number of phenols is 1. The standard InChI is InChI=1S/C12H14N2O6S/c1-2-21(19,20)7-3-4-11(15)9(5-7)13-12(16)8-6-10(8)14(17)18/h3-5,8,10,15H,2,6H2,1H3,(H,13,16)/t8-,10+/m1/s1. The molecule has 0 spiro atoms. The lowest BCUT2D eigenvalue weighted by atomic mass is 10.2. The van der Waals surface area contributed by atoms with Crippen molar-refractivity contribution in [3.05, 3.63) is 28.3 Å². The van der Waals surface area contributed by atoms with Gasteiger partial charge in [0.2, 0.25) is 11.9 Å². The molecule has 0 unspecified atom stereocenters. The second-order valence-electron chi connectivity index (χ2n) is 4.77. The Morgan fingerprint density at radius 1 is 1.52 bits per heavy atom. The van der Waals surface area contributed by atoms with E-state index >= 15 is 0 Å².